The number of hydrogen-bond acceptors (Lipinski definition) is 3. The Hall–Kier alpha value is -0.220. The van der Waals surface area contributed by atoms with Gasteiger partial charge in [0, 0.05) is 0 Å². The lowest BCUT2D eigenvalue weighted by Crippen LogP contribution is -2.32. The fraction of sp³-hybridized carbons (Fsp3) is 0.750. The first kappa shape index (κ1) is 5.91. The zero-order valence-corrected chi connectivity index (χ0v) is 5.37. The number of hydrogen-bond donors (Lipinski definition) is 2. The summed E-state index contributed by atoms with van der Waals surface area (Å²) in [5, 5.41) is 2.60. The summed E-state index contributed by atoms with van der Waals surface area (Å²) in [6, 6.07) is 0. The van der Waals surface area contributed by atoms with Crippen LogP contribution in [0, 0.1) is 0 Å². The van der Waals surface area contributed by atoms with Crippen molar-refractivity contribution >= 4 is 17.7 Å². The summed E-state index contributed by atoms with van der Waals surface area (Å²) in [5.41, 5.74) is 5.16. The Morgan fingerprint density at radius 2 is 2.50 bits per heavy atom. The van der Waals surface area contributed by atoms with Gasteiger partial charge in [0.2, 0.25) is 5.91 Å². The van der Waals surface area contributed by atoms with E-state index in [1.165, 1.54) is 11.8 Å². The maximum Gasteiger partial charge on any atom is 0.234 e. The third-order valence-corrected chi connectivity index (χ3v) is 2.04. The largest absolute Gasteiger partial charge is 0.331 e. The van der Waals surface area contributed by atoms with Crippen LogP contribution in [0.3, 0.4) is 0 Å². The molecule has 8 heavy (non-hydrogen) atoms. The van der Waals surface area contributed by atoms with Crippen LogP contribution in [-0.2, 0) is 4.79 Å². The Bertz CT molecular complexity index is 117. The molecule has 46 valence electrons. The molecule has 0 aliphatic carbocycles. The highest BCUT2D eigenvalue weighted by atomic mass is 32.2. The number of carbonyl (C=O) groups is 1. The highest BCUT2D eigenvalue weighted by Crippen LogP contribution is 2.18. The maximum absolute atomic E-state index is 10.6. The summed E-state index contributed by atoms with van der Waals surface area (Å²) in [4.78, 5) is 10.6. The summed E-state index contributed by atoms with van der Waals surface area (Å²) in [5.74, 6) is 0.0440. The molecule has 2 unspecified atom stereocenters. The molecule has 0 aromatic heterocycles. The average Bonchev–Trinajstić information content (AvgIpc) is 1.85. The van der Waals surface area contributed by atoms with Crippen LogP contribution in [0.4, 0.5) is 0 Å². The van der Waals surface area contributed by atoms with Crippen molar-refractivity contribution in [1.82, 2.24) is 5.32 Å². The third-order valence-electron chi connectivity index (χ3n) is 1.00. The first-order valence-electron chi connectivity index (χ1n) is 2.41. The van der Waals surface area contributed by atoms with Gasteiger partial charge in [-0.15, -0.1) is 11.8 Å². The van der Waals surface area contributed by atoms with E-state index in [4.69, 9.17) is 5.73 Å². The van der Waals surface area contributed by atoms with E-state index >= 15 is 0 Å². The van der Waals surface area contributed by atoms with Gasteiger partial charge in [-0.2, -0.15) is 0 Å². The van der Waals surface area contributed by atoms with E-state index in [1.807, 2.05) is 6.92 Å². The van der Waals surface area contributed by atoms with E-state index in [2.05, 4.69) is 5.32 Å². The zero-order valence-electron chi connectivity index (χ0n) is 4.55. The van der Waals surface area contributed by atoms with Gasteiger partial charge in [-0.05, 0) is 6.92 Å². The normalized spacial score (nSPS) is 37.5. The average molecular weight is 132 g/mol. The summed E-state index contributed by atoms with van der Waals surface area (Å²) >= 11 is 1.45. The van der Waals surface area contributed by atoms with Crippen LogP contribution in [0.15, 0.2) is 0 Å². The van der Waals surface area contributed by atoms with Crippen molar-refractivity contribution in [2.24, 2.45) is 5.73 Å². The fourth-order valence-electron chi connectivity index (χ4n) is 0.573. The summed E-state index contributed by atoms with van der Waals surface area (Å²) < 4.78 is 0. The van der Waals surface area contributed by atoms with E-state index in [1.54, 1.807) is 0 Å². The van der Waals surface area contributed by atoms with Crippen LogP contribution >= 0.6 is 11.8 Å². The van der Waals surface area contributed by atoms with Gasteiger partial charge >= 0.3 is 0 Å². The van der Waals surface area contributed by atoms with Crippen molar-refractivity contribution in [3.05, 3.63) is 0 Å². The van der Waals surface area contributed by atoms with Gasteiger partial charge in [-0.25, -0.2) is 0 Å². The second-order valence-corrected chi connectivity index (χ2v) is 3.19. The molecule has 0 radical (unpaired) electrons. The molecule has 1 aliphatic heterocycles. The number of carbonyl (C=O) groups excluding carboxylic acids is 1. The topological polar surface area (TPSA) is 55.1 Å². The predicted octanol–water partition coefficient (Wildman–Crippen LogP) is -0.520. The summed E-state index contributed by atoms with van der Waals surface area (Å²) in [7, 11) is 0. The molecule has 0 aromatic rings. The SMILES string of the molecule is CC1SC(N)NC1=O. The molecule has 1 rings (SSSR count). The molecular formula is C4H8N2OS. The van der Waals surface area contributed by atoms with E-state index < -0.39 is 0 Å². The molecular weight excluding hydrogens is 124 g/mol. The molecule has 0 spiro atoms. The molecule has 2 atom stereocenters. The monoisotopic (exact) mass is 132 g/mol. The molecule has 1 saturated heterocycles. The van der Waals surface area contributed by atoms with Crippen molar-refractivity contribution in [3.63, 3.8) is 0 Å². The van der Waals surface area contributed by atoms with E-state index in [-0.39, 0.29) is 16.7 Å². The second-order valence-electron chi connectivity index (χ2n) is 1.71. The molecule has 4 heteroatoms. The van der Waals surface area contributed by atoms with Gasteiger partial charge in [0.1, 0.15) is 5.50 Å². The van der Waals surface area contributed by atoms with E-state index in [0.29, 0.717) is 0 Å². The third kappa shape index (κ3) is 0.952. The van der Waals surface area contributed by atoms with Gasteiger partial charge in [0.05, 0.1) is 5.25 Å². The van der Waals surface area contributed by atoms with Crippen LogP contribution in [0.5, 0.6) is 0 Å². The lowest BCUT2D eigenvalue weighted by atomic mass is 10.4. The predicted molar refractivity (Wildman–Crippen MR) is 33.2 cm³/mol. The smallest absolute Gasteiger partial charge is 0.234 e. The highest BCUT2D eigenvalue weighted by molar-refractivity contribution is 8.01. The van der Waals surface area contributed by atoms with E-state index in [0.717, 1.165) is 0 Å². The molecule has 1 aliphatic rings. The van der Waals surface area contributed by atoms with E-state index in [9.17, 15) is 4.79 Å². The van der Waals surface area contributed by atoms with Crippen molar-refractivity contribution in [1.29, 1.82) is 0 Å². The lowest BCUT2D eigenvalue weighted by Gasteiger charge is -1.95. The minimum atomic E-state index is -0.183. The molecule has 0 aromatic carbocycles. The molecule has 1 fully saturated rings. The first-order valence-corrected chi connectivity index (χ1v) is 3.36. The summed E-state index contributed by atoms with van der Waals surface area (Å²) in [6.07, 6.45) is 0. The minimum absolute atomic E-state index is 0.0324. The number of rotatable bonds is 0. The number of amides is 1. The van der Waals surface area contributed by atoms with Gasteiger partial charge < -0.3 is 11.1 Å². The van der Waals surface area contributed by atoms with Crippen molar-refractivity contribution < 1.29 is 4.79 Å². The number of nitrogens with one attached hydrogen (secondary N) is 1. The Kier molecular flexibility index (Phi) is 1.44. The highest BCUT2D eigenvalue weighted by Gasteiger charge is 2.25. The van der Waals surface area contributed by atoms with Gasteiger partial charge in [-0.3, -0.25) is 4.79 Å². The van der Waals surface area contributed by atoms with Crippen LogP contribution in [0.25, 0.3) is 0 Å². The maximum atomic E-state index is 10.6. The number of nitrogens with two attached hydrogens (primary N) is 1. The Balaban J connectivity index is 2.51. The van der Waals surface area contributed by atoms with Crippen LogP contribution in [0.1, 0.15) is 6.92 Å². The van der Waals surface area contributed by atoms with Crippen LogP contribution in [-0.4, -0.2) is 16.7 Å². The van der Waals surface area contributed by atoms with Crippen LogP contribution in [0.2, 0.25) is 0 Å². The zero-order chi connectivity index (χ0) is 6.15. The molecule has 1 amide bonds. The Labute approximate surface area is 52.0 Å². The van der Waals surface area contributed by atoms with Crippen LogP contribution < -0.4 is 11.1 Å². The van der Waals surface area contributed by atoms with Gasteiger partial charge in [-0.1, -0.05) is 0 Å². The fourth-order valence-corrected chi connectivity index (χ4v) is 1.39. The first-order chi connectivity index (χ1) is 3.70. The molecule has 3 nitrogen and oxygen atoms in total. The molecule has 0 saturated carbocycles. The van der Waals surface area contributed by atoms with Gasteiger partial charge in [0.15, 0.2) is 0 Å². The van der Waals surface area contributed by atoms with Crippen molar-refractivity contribution in [2.45, 2.75) is 17.7 Å². The molecule has 1 heterocycles. The quantitative estimate of drug-likeness (QED) is 0.466. The molecule has 0 bridgehead atoms. The lowest BCUT2D eigenvalue weighted by molar-refractivity contribution is -0.119. The molecule has 3 N–H and O–H groups in total. The van der Waals surface area contributed by atoms with Crippen molar-refractivity contribution in [3.8, 4) is 0 Å². The standard InChI is InChI=1S/C4H8N2OS/c1-2-3(7)6-4(5)8-2/h2,4H,5H2,1H3,(H,6,7). The Morgan fingerprint density at radius 1 is 1.88 bits per heavy atom. The van der Waals surface area contributed by atoms with Crippen molar-refractivity contribution in [2.75, 3.05) is 0 Å². The van der Waals surface area contributed by atoms with Gasteiger partial charge in [0.25, 0.3) is 0 Å². The minimum Gasteiger partial charge on any atom is -0.331 e. The Morgan fingerprint density at radius 3 is 2.62 bits per heavy atom. The summed E-state index contributed by atoms with van der Waals surface area (Å²) in [6.45, 7) is 1.84. The number of thioether (sulfide) groups is 1. The second kappa shape index (κ2) is 1.95.